The highest BCUT2D eigenvalue weighted by Crippen LogP contribution is 2.27. The second kappa shape index (κ2) is 3.81. The van der Waals surface area contributed by atoms with Gasteiger partial charge in [-0.15, -0.1) is 0 Å². The third-order valence-corrected chi connectivity index (χ3v) is 1.95. The second-order valence-corrected chi connectivity index (χ2v) is 3.34. The van der Waals surface area contributed by atoms with Crippen LogP contribution in [0.3, 0.4) is 0 Å². The molecule has 0 N–H and O–H groups in total. The molecule has 0 heterocycles. The lowest BCUT2D eigenvalue weighted by molar-refractivity contribution is -0.0887. The zero-order valence-electron chi connectivity index (χ0n) is 7.45. The minimum Gasteiger partial charge on any atom is -0.284 e. The summed E-state index contributed by atoms with van der Waals surface area (Å²) in [5.41, 5.74) is -0.762. The van der Waals surface area contributed by atoms with E-state index in [-0.39, 0.29) is 5.56 Å². The monoisotopic (exact) mass is 240 g/mol. The van der Waals surface area contributed by atoms with Gasteiger partial charge < -0.3 is 0 Å². The smallest absolute Gasteiger partial charge is 0.284 e. The van der Waals surface area contributed by atoms with Gasteiger partial charge >= 0.3 is 6.18 Å². The van der Waals surface area contributed by atoms with Crippen LogP contribution in [0.5, 0.6) is 0 Å². The number of benzene rings is 1. The molecule has 0 atom stereocenters. The number of halogens is 5. The Labute approximate surface area is 87.7 Å². The third kappa shape index (κ3) is 2.47. The SMILES string of the molecule is Cc1cc(Cl)c(F)c(C(=O)C(F)(F)F)c1. The summed E-state index contributed by atoms with van der Waals surface area (Å²) in [5, 5.41) is -0.498. The van der Waals surface area contributed by atoms with Crippen LogP contribution < -0.4 is 0 Å². The Morgan fingerprint density at radius 3 is 2.33 bits per heavy atom. The van der Waals surface area contributed by atoms with Crippen LogP contribution in [0.15, 0.2) is 12.1 Å². The van der Waals surface area contributed by atoms with Gasteiger partial charge in [0.25, 0.3) is 5.78 Å². The van der Waals surface area contributed by atoms with Crippen molar-refractivity contribution in [3.05, 3.63) is 34.1 Å². The van der Waals surface area contributed by atoms with Crippen molar-refractivity contribution in [2.45, 2.75) is 13.1 Å². The highest BCUT2D eigenvalue weighted by Gasteiger charge is 2.41. The van der Waals surface area contributed by atoms with Crippen molar-refractivity contribution >= 4 is 17.4 Å². The quantitative estimate of drug-likeness (QED) is 0.542. The molecule has 0 spiro atoms. The number of ketones is 1. The van der Waals surface area contributed by atoms with Crippen LogP contribution in [-0.2, 0) is 0 Å². The van der Waals surface area contributed by atoms with Crippen molar-refractivity contribution in [2.24, 2.45) is 0 Å². The standard InChI is InChI=1S/C9H5ClF4O/c1-4-2-5(7(11)6(10)3-4)8(15)9(12,13)14/h2-3H,1H3. The fraction of sp³-hybridized carbons (Fsp3) is 0.222. The number of hydrogen-bond acceptors (Lipinski definition) is 1. The fourth-order valence-electron chi connectivity index (χ4n) is 1.04. The molecule has 1 nitrogen and oxygen atoms in total. The first-order chi connectivity index (χ1) is 6.73. The first kappa shape index (κ1) is 12.0. The molecule has 0 saturated carbocycles. The summed E-state index contributed by atoms with van der Waals surface area (Å²) in [7, 11) is 0. The van der Waals surface area contributed by atoms with Gasteiger partial charge in [-0.3, -0.25) is 4.79 Å². The Balaban J connectivity index is 3.32. The van der Waals surface area contributed by atoms with Crippen molar-refractivity contribution < 1.29 is 22.4 Å². The number of aryl methyl sites for hydroxylation is 1. The topological polar surface area (TPSA) is 17.1 Å². The second-order valence-electron chi connectivity index (χ2n) is 2.94. The molecule has 1 aromatic rings. The Bertz CT molecular complexity index is 411. The normalized spacial score (nSPS) is 11.6. The molecule has 0 aliphatic rings. The molecule has 0 aliphatic heterocycles. The van der Waals surface area contributed by atoms with Crippen molar-refractivity contribution in [3.8, 4) is 0 Å². The van der Waals surface area contributed by atoms with Gasteiger partial charge in [-0.2, -0.15) is 13.2 Å². The van der Waals surface area contributed by atoms with Gasteiger partial charge in [0.1, 0.15) is 0 Å². The van der Waals surface area contributed by atoms with E-state index < -0.39 is 28.4 Å². The van der Waals surface area contributed by atoms with Crippen molar-refractivity contribution in [1.82, 2.24) is 0 Å². The fourth-order valence-corrected chi connectivity index (χ4v) is 1.32. The maximum atomic E-state index is 13.1. The summed E-state index contributed by atoms with van der Waals surface area (Å²) in [6, 6.07) is 1.96. The van der Waals surface area contributed by atoms with Crippen molar-refractivity contribution in [2.75, 3.05) is 0 Å². The van der Waals surface area contributed by atoms with Crippen LogP contribution in [0.4, 0.5) is 17.6 Å². The van der Waals surface area contributed by atoms with Crippen LogP contribution in [0.1, 0.15) is 15.9 Å². The summed E-state index contributed by atoms with van der Waals surface area (Å²) in [4.78, 5) is 10.8. The van der Waals surface area contributed by atoms with E-state index in [4.69, 9.17) is 11.6 Å². The first-order valence-corrected chi connectivity index (χ1v) is 4.18. The molecule has 0 saturated heterocycles. The lowest BCUT2D eigenvalue weighted by atomic mass is 10.1. The Kier molecular flexibility index (Phi) is 3.04. The molecule has 6 heteroatoms. The molecule has 1 aromatic carbocycles. The molecule has 0 aromatic heterocycles. The largest absolute Gasteiger partial charge is 0.454 e. The Morgan fingerprint density at radius 2 is 1.87 bits per heavy atom. The van der Waals surface area contributed by atoms with E-state index in [9.17, 15) is 22.4 Å². The molecule has 0 bridgehead atoms. The molecule has 82 valence electrons. The third-order valence-electron chi connectivity index (χ3n) is 1.67. The van der Waals surface area contributed by atoms with Crippen LogP contribution >= 0.6 is 11.6 Å². The van der Waals surface area contributed by atoms with E-state index in [1.807, 2.05) is 0 Å². The number of Topliss-reactive ketones (excluding diaryl/α,β-unsaturated/α-hetero) is 1. The summed E-state index contributed by atoms with van der Waals surface area (Å²) in [6.07, 6.45) is -5.10. The van der Waals surface area contributed by atoms with E-state index in [1.165, 1.54) is 6.92 Å². The minimum absolute atomic E-state index is 0.286. The molecule has 1 rings (SSSR count). The zero-order valence-corrected chi connectivity index (χ0v) is 8.21. The molecular formula is C9H5ClF4O. The zero-order chi connectivity index (χ0) is 11.8. The predicted octanol–water partition coefficient (Wildman–Crippen LogP) is 3.53. The van der Waals surface area contributed by atoms with Gasteiger partial charge in [0, 0.05) is 0 Å². The number of rotatable bonds is 1. The maximum Gasteiger partial charge on any atom is 0.454 e. The van der Waals surface area contributed by atoms with Gasteiger partial charge in [0.2, 0.25) is 0 Å². The Hall–Kier alpha value is -1.10. The van der Waals surface area contributed by atoms with Gasteiger partial charge in [0.15, 0.2) is 5.82 Å². The molecule has 0 fully saturated rings. The van der Waals surface area contributed by atoms with Crippen LogP contribution in [0.2, 0.25) is 5.02 Å². The van der Waals surface area contributed by atoms with Crippen LogP contribution in [0, 0.1) is 12.7 Å². The predicted molar refractivity (Wildman–Crippen MR) is 46.5 cm³/mol. The van der Waals surface area contributed by atoms with Gasteiger partial charge in [-0.05, 0) is 24.6 Å². The molecule has 0 aliphatic carbocycles. The van der Waals surface area contributed by atoms with Crippen molar-refractivity contribution in [1.29, 1.82) is 0 Å². The van der Waals surface area contributed by atoms with E-state index in [2.05, 4.69) is 0 Å². The van der Waals surface area contributed by atoms with E-state index in [0.29, 0.717) is 0 Å². The molecule has 0 amide bonds. The average Bonchev–Trinajstić information content (AvgIpc) is 2.08. The number of carbonyl (C=O) groups excluding carboxylic acids is 1. The van der Waals surface area contributed by atoms with Gasteiger partial charge in [-0.1, -0.05) is 11.6 Å². The van der Waals surface area contributed by atoms with Crippen molar-refractivity contribution in [3.63, 3.8) is 0 Å². The molecule has 0 radical (unpaired) electrons. The highest BCUT2D eigenvalue weighted by molar-refractivity contribution is 6.31. The van der Waals surface area contributed by atoms with Gasteiger partial charge in [0.05, 0.1) is 10.6 Å². The van der Waals surface area contributed by atoms with Crippen LogP contribution in [-0.4, -0.2) is 12.0 Å². The van der Waals surface area contributed by atoms with Crippen LogP contribution in [0.25, 0.3) is 0 Å². The lowest BCUT2D eigenvalue weighted by Crippen LogP contribution is -2.24. The number of hydrogen-bond donors (Lipinski definition) is 0. The maximum absolute atomic E-state index is 13.1. The summed E-state index contributed by atoms with van der Waals surface area (Å²) in [5.74, 6) is -3.57. The number of carbonyl (C=O) groups is 1. The van der Waals surface area contributed by atoms with Gasteiger partial charge in [-0.25, -0.2) is 4.39 Å². The molecular weight excluding hydrogens is 236 g/mol. The summed E-state index contributed by atoms with van der Waals surface area (Å²) >= 11 is 5.32. The highest BCUT2D eigenvalue weighted by atomic mass is 35.5. The molecule has 0 unspecified atom stereocenters. The van der Waals surface area contributed by atoms with E-state index in [1.54, 1.807) is 0 Å². The van der Waals surface area contributed by atoms with E-state index in [0.717, 1.165) is 12.1 Å². The summed E-state index contributed by atoms with van der Waals surface area (Å²) < 4.78 is 49.2. The number of alkyl halides is 3. The summed E-state index contributed by atoms with van der Waals surface area (Å²) in [6.45, 7) is 1.42. The van der Waals surface area contributed by atoms with E-state index >= 15 is 0 Å². The minimum atomic E-state index is -5.10. The Morgan fingerprint density at radius 1 is 1.33 bits per heavy atom. The molecule has 15 heavy (non-hydrogen) atoms. The first-order valence-electron chi connectivity index (χ1n) is 3.80. The average molecular weight is 241 g/mol. The lowest BCUT2D eigenvalue weighted by Gasteiger charge is -2.08.